The van der Waals surface area contributed by atoms with Crippen LogP contribution in [0.2, 0.25) is 5.02 Å². The lowest BCUT2D eigenvalue weighted by molar-refractivity contribution is -0.0705. The molecule has 3 atom stereocenters. The number of aromatic carboxylic acids is 1. The lowest BCUT2D eigenvalue weighted by Crippen LogP contribution is -2.59. The van der Waals surface area contributed by atoms with Crippen molar-refractivity contribution in [3.63, 3.8) is 0 Å². The van der Waals surface area contributed by atoms with Crippen molar-refractivity contribution in [1.29, 1.82) is 0 Å². The van der Waals surface area contributed by atoms with Crippen LogP contribution in [-0.2, 0) is 30.2 Å². The molecule has 254 valence electrons. The number of hydrogen-bond acceptors (Lipinski definition) is 8. The average molecular weight is 691 g/mol. The molecule has 0 spiro atoms. The number of imidazole rings is 2. The number of piperazine rings is 1. The van der Waals surface area contributed by atoms with Gasteiger partial charge in [0.15, 0.2) is 17.3 Å². The van der Waals surface area contributed by atoms with E-state index in [1.165, 1.54) is 12.1 Å². The number of aromatic nitrogens is 4. The first-order chi connectivity index (χ1) is 23.6. The van der Waals surface area contributed by atoms with Gasteiger partial charge in [-0.05, 0) is 49.4 Å². The first-order valence-corrected chi connectivity index (χ1v) is 16.4. The Bertz CT molecular complexity index is 2100. The highest BCUT2D eigenvalue weighted by atomic mass is 35.5. The number of nitrogens with zero attached hydrogens (tertiary/aromatic N) is 6. The number of para-hydroxylation sites is 1. The van der Waals surface area contributed by atoms with E-state index in [0.717, 1.165) is 17.6 Å². The summed E-state index contributed by atoms with van der Waals surface area (Å²) in [7, 11) is 0. The molecular formula is C35H33ClF2N6O5. The third kappa shape index (κ3) is 5.45. The molecule has 49 heavy (non-hydrogen) atoms. The van der Waals surface area contributed by atoms with E-state index in [-0.39, 0.29) is 33.7 Å². The van der Waals surface area contributed by atoms with Crippen LogP contribution in [0.25, 0.3) is 11.0 Å². The zero-order valence-corrected chi connectivity index (χ0v) is 27.5. The number of aryl methyl sites for hydroxylation is 3. The molecule has 0 unspecified atom stereocenters. The highest BCUT2D eigenvalue weighted by molar-refractivity contribution is 6.30. The van der Waals surface area contributed by atoms with E-state index in [1.54, 1.807) is 25.3 Å². The molecule has 2 fully saturated rings. The molecular weight excluding hydrogens is 658 g/mol. The summed E-state index contributed by atoms with van der Waals surface area (Å²) >= 11 is 6.00. The van der Waals surface area contributed by atoms with Gasteiger partial charge in [-0.3, -0.25) is 4.90 Å². The van der Waals surface area contributed by atoms with Crippen LogP contribution in [0.1, 0.15) is 34.5 Å². The van der Waals surface area contributed by atoms with Gasteiger partial charge >= 0.3 is 5.97 Å². The Labute approximate surface area is 285 Å². The normalized spacial score (nSPS) is 21.9. The quantitative estimate of drug-likeness (QED) is 0.223. The second kappa shape index (κ2) is 12.0. The van der Waals surface area contributed by atoms with Crippen molar-refractivity contribution in [2.24, 2.45) is 0 Å². The van der Waals surface area contributed by atoms with Crippen molar-refractivity contribution in [2.75, 3.05) is 31.2 Å². The summed E-state index contributed by atoms with van der Waals surface area (Å²) in [5.74, 6) is -1.28. The van der Waals surface area contributed by atoms with Crippen LogP contribution in [0.4, 0.5) is 14.5 Å². The first-order valence-electron chi connectivity index (χ1n) is 16.0. The number of hydrogen-bond donors (Lipinski definition) is 1. The molecule has 3 aromatic carbocycles. The molecule has 0 radical (unpaired) electrons. The van der Waals surface area contributed by atoms with Crippen molar-refractivity contribution in [1.82, 2.24) is 24.0 Å². The van der Waals surface area contributed by atoms with E-state index in [4.69, 9.17) is 30.8 Å². The summed E-state index contributed by atoms with van der Waals surface area (Å²) in [4.78, 5) is 25.4. The molecule has 2 saturated heterocycles. The number of fused-ring (bicyclic) bond motifs is 3. The molecule has 5 heterocycles. The average Bonchev–Trinajstić information content (AvgIpc) is 3.85. The number of rotatable bonds is 8. The molecule has 8 rings (SSSR count). The lowest BCUT2D eigenvalue weighted by atomic mass is 10.0. The molecule has 14 heteroatoms. The van der Waals surface area contributed by atoms with Crippen molar-refractivity contribution < 1.29 is 32.9 Å². The monoisotopic (exact) mass is 690 g/mol. The van der Waals surface area contributed by atoms with Crippen LogP contribution < -0.4 is 14.4 Å². The third-order valence-corrected chi connectivity index (χ3v) is 10.0. The summed E-state index contributed by atoms with van der Waals surface area (Å²) in [6.07, 6.45) is 3.60. The van der Waals surface area contributed by atoms with Crippen molar-refractivity contribution >= 4 is 34.3 Å². The van der Waals surface area contributed by atoms with Gasteiger partial charge in [0.05, 0.1) is 54.2 Å². The molecule has 0 bridgehead atoms. The zero-order chi connectivity index (χ0) is 34.0. The van der Waals surface area contributed by atoms with Crippen molar-refractivity contribution in [3.8, 4) is 11.5 Å². The minimum Gasteiger partial charge on any atom is -0.478 e. The number of anilines is 1. The van der Waals surface area contributed by atoms with Gasteiger partial charge in [0, 0.05) is 50.5 Å². The molecule has 1 N–H and O–H groups in total. The maximum absolute atomic E-state index is 15.3. The minimum absolute atomic E-state index is 0.0318. The summed E-state index contributed by atoms with van der Waals surface area (Å²) in [5.41, 5.74) is 1.49. The van der Waals surface area contributed by atoms with E-state index < -0.39 is 23.4 Å². The third-order valence-electron chi connectivity index (χ3n) is 9.77. The number of carboxylic acids is 1. The van der Waals surface area contributed by atoms with E-state index in [2.05, 4.69) is 14.8 Å². The SMILES string of the molecule is Cc1nccn1CCn1c(CN2CCN(c3cccc4c3O[C@](C)(c3ccc(Cl)cc3F)O4)[C@H]3COC[C@H]32)nc2c(F)cc(C(=O)O)cc21. The number of carbonyl (C=O) groups is 1. The second-order valence-corrected chi connectivity index (χ2v) is 13.1. The van der Waals surface area contributed by atoms with Gasteiger partial charge in [0.1, 0.15) is 23.0 Å². The van der Waals surface area contributed by atoms with Crippen LogP contribution in [0.5, 0.6) is 11.5 Å². The van der Waals surface area contributed by atoms with Crippen molar-refractivity contribution in [3.05, 3.63) is 100 Å². The highest BCUT2D eigenvalue weighted by Gasteiger charge is 2.46. The lowest BCUT2D eigenvalue weighted by Gasteiger charge is -2.44. The fourth-order valence-corrected chi connectivity index (χ4v) is 7.46. The van der Waals surface area contributed by atoms with Crippen LogP contribution in [0, 0.1) is 18.6 Å². The number of ether oxygens (including phenoxy) is 3. The molecule has 5 aromatic rings. The van der Waals surface area contributed by atoms with Gasteiger partial charge in [0.2, 0.25) is 0 Å². The van der Waals surface area contributed by atoms with Crippen LogP contribution in [0.15, 0.2) is 60.9 Å². The largest absolute Gasteiger partial charge is 0.478 e. The molecule has 0 saturated carbocycles. The van der Waals surface area contributed by atoms with Gasteiger partial charge in [0.25, 0.3) is 5.79 Å². The predicted molar refractivity (Wildman–Crippen MR) is 176 cm³/mol. The Morgan fingerprint density at radius 1 is 1.06 bits per heavy atom. The zero-order valence-electron chi connectivity index (χ0n) is 26.8. The fraction of sp³-hybridized carbons (Fsp3) is 0.343. The van der Waals surface area contributed by atoms with Crippen LogP contribution in [0.3, 0.4) is 0 Å². The molecule has 2 aromatic heterocycles. The van der Waals surface area contributed by atoms with Crippen LogP contribution >= 0.6 is 11.6 Å². The predicted octanol–water partition coefficient (Wildman–Crippen LogP) is 5.60. The highest BCUT2D eigenvalue weighted by Crippen LogP contribution is 2.51. The Kier molecular flexibility index (Phi) is 7.73. The maximum atomic E-state index is 15.3. The fourth-order valence-electron chi connectivity index (χ4n) is 7.30. The molecule has 3 aliphatic heterocycles. The summed E-state index contributed by atoms with van der Waals surface area (Å²) in [6.45, 7) is 7.18. The Balaban J connectivity index is 1.08. The Hall–Kier alpha value is -4.72. The smallest absolute Gasteiger partial charge is 0.335 e. The number of halogens is 3. The van der Waals surface area contributed by atoms with Gasteiger partial charge in [-0.25, -0.2) is 23.5 Å². The Morgan fingerprint density at radius 3 is 2.67 bits per heavy atom. The molecule has 0 amide bonds. The van der Waals surface area contributed by atoms with Crippen molar-refractivity contribution in [2.45, 2.75) is 51.4 Å². The Morgan fingerprint density at radius 2 is 1.90 bits per heavy atom. The summed E-state index contributed by atoms with van der Waals surface area (Å²) < 4.78 is 52.9. The van der Waals surface area contributed by atoms with E-state index in [0.29, 0.717) is 68.8 Å². The second-order valence-electron chi connectivity index (χ2n) is 12.7. The van der Waals surface area contributed by atoms with Gasteiger partial charge in [-0.1, -0.05) is 17.7 Å². The van der Waals surface area contributed by atoms with Crippen LogP contribution in [-0.4, -0.2) is 73.5 Å². The standard InChI is InChI=1S/C35H33ClF2N6O5/c1-20-39-8-9-41(20)10-13-44-27-15-21(34(45)46)14-25(38)32(27)40-31(44)17-42-11-12-43(29-19-47-18-28(29)42)26-4-3-5-30-33(26)49-35(2,48-30)23-7-6-22(36)16-24(23)37/h3-9,14-16,28-29H,10-13,17-19H2,1-2H3,(H,45,46)/t28-,29+,35-/m1/s1. The summed E-state index contributed by atoms with van der Waals surface area (Å²) in [6, 6.07) is 12.5. The first kappa shape index (κ1) is 31.5. The van der Waals surface area contributed by atoms with Gasteiger partial charge in [-0.2, -0.15) is 0 Å². The van der Waals surface area contributed by atoms with Gasteiger partial charge in [-0.15, -0.1) is 0 Å². The molecule has 3 aliphatic rings. The van der Waals surface area contributed by atoms with E-state index >= 15 is 8.78 Å². The maximum Gasteiger partial charge on any atom is 0.335 e. The minimum atomic E-state index is -1.38. The van der Waals surface area contributed by atoms with Gasteiger partial charge < -0.3 is 33.4 Å². The topological polar surface area (TPSA) is 107 Å². The number of benzene rings is 3. The van der Waals surface area contributed by atoms with E-state index in [1.807, 2.05) is 40.5 Å². The molecule has 11 nitrogen and oxygen atoms in total. The number of carboxylic acid groups (broad SMARTS) is 1. The summed E-state index contributed by atoms with van der Waals surface area (Å²) in [5, 5.41) is 9.94. The molecule has 0 aliphatic carbocycles. The van der Waals surface area contributed by atoms with E-state index in [9.17, 15) is 9.90 Å².